The summed E-state index contributed by atoms with van der Waals surface area (Å²) < 4.78 is 1.20. The van der Waals surface area contributed by atoms with Crippen LogP contribution in [0, 0.1) is 8.99 Å². The average molecular weight is 332 g/mol. The van der Waals surface area contributed by atoms with Gasteiger partial charge in [-0.05, 0) is 65.5 Å². The number of hydrogen-bond acceptors (Lipinski definition) is 1. The molecule has 1 unspecified atom stereocenters. The minimum atomic E-state index is -0.711. The van der Waals surface area contributed by atoms with Crippen LogP contribution in [0.3, 0.4) is 0 Å². The third-order valence-corrected chi connectivity index (χ3v) is 3.55. The topological polar surface area (TPSA) is 20.2 Å². The van der Waals surface area contributed by atoms with Crippen molar-refractivity contribution < 1.29 is 5.11 Å². The van der Waals surface area contributed by atoms with Crippen LogP contribution >= 0.6 is 22.6 Å². The van der Waals surface area contributed by atoms with Crippen LogP contribution < -0.4 is 0 Å². The number of benzene rings is 1. The van der Waals surface area contributed by atoms with Gasteiger partial charge in [0, 0.05) is 3.57 Å². The lowest BCUT2D eigenvalue weighted by Crippen LogP contribution is -2.23. The van der Waals surface area contributed by atoms with Gasteiger partial charge in [-0.3, -0.25) is 0 Å². The van der Waals surface area contributed by atoms with E-state index in [1.165, 1.54) is 3.57 Å². The van der Waals surface area contributed by atoms with E-state index in [2.05, 4.69) is 43.4 Å². The lowest BCUT2D eigenvalue weighted by molar-refractivity contribution is 0.0358. The SMILES string of the molecule is CC(C)(C)CCC(C)(O)c1ccc(I)cc1. The second kappa shape index (κ2) is 5.05. The van der Waals surface area contributed by atoms with Gasteiger partial charge in [-0.1, -0.05) is 32.9 Å². The molecule has 90 valence electrons. The van der Waals surface area contributed by atoms with Crippen molar-refractivity contribution in [2.45, 2.75) is 46.1 Å². The van der Waals surface area contributed by atoms with Crippen molar-refractivity contribution in [3.8, 4) is 0 Å². The molecule has 1 atom stereocenters. The van der Waals surface area contributed by atoms with E-state index in [1.807, 2.05) is 31.2 Å². The standard InChI is InChI=1S/C14H21IO/c1-13(2,3)9-10-14(4,16)11-5-7-12(15)8-6-11/h5-8,16H,9-10H2,1-4H3. The largest absolute Gasteiger partial charge is 0.385 e. The van der Waals surface area contributed by atoms with Crippen molar-refractivity contribution in [3.63, 3.8) is 0 Å². The Morgan fingerprint density at radius 2 is 1.50 bits per heavy atom. The lowest BCUT2D eigenvalue weighted by Gasteiger charge is -2.28. The molecule has 0 radical (unpaired) electrons. The molecule has 0 bridgehead atoms. The number of aliphatic hydroxyl groups is 1. The zero-order chi connectivity index (χ0) is 12.4. The predicted octanol–water partition coefficient (Wildman–Crippen LogP) is 4.33. The molecule has 0 aromatic heterocycles. The Morgan fingerprint density at radius 3 is 1.94 bits per heavy atom. The van der Waals surface area contributed by atoms with E-state index >= 15 is 0 Å². The third kappa shape index (κ3) is 4.42. The fraction of sp³-hybridized carbons (Fsp3) is 0.571. The smallest absolute Gasteiger partial charge is 0.0868 e. The van der Waals surface area contributed by atoms with E-state index in [-0.39, 0.29) is 5.41 Å². The summed E-state index contributed by atoms with van der Waals surface area (Å²) in [4.78, 5) is 0. The summed E-state index contributed by atoms with van der Waals surface area (Å²) >= 11 is 2.28. The Labute approximate surface area is 112 Å². The molecule has 0 amide bonds. The molecule has 1 aromatic rings. The second-order valence-corrected chi connectivity index (χ2v) is 7.09. The maximum atomic E-state index is 10.4. The van der Waals surface area contributed by atoms with Gasteiger partial charge in [-0.2, -0.15) is 0 Å². The molecule has 0 fully saturated rings. The molecule has 0 heterocycles. The first-order chi connectivity index (χ1) is 7.21. The maximum Gasteiger partial charge on any atom is 0.0868 e. The van der Waals surface area contributed by atoms with Gasteiger partial charge in [0.25, 0.3) is 0 Å². The van der Waals surface area contributed by atoms with Crippen LogP contribution in [-0.4, -0.2) is 5.11 Å². The molecular weight excluding hydrogens is 311 g/mol. The molecule has 1 N–H and O–H groups in total. The summed E-state index contributed by atoms with van der Waals surface area (Å²) in [6.07, 6.45) is 1.82. The van der Waals surface area contributed by atoms with Crippen molar-refractivity contribution in [2.75, 3.05) is 0 Å². The van der Waals surface area contributed by atoms with E-state index in [0.29, 0.717) is 0 Å². The van der Waals surface area contributed by atoms with E-state index in [1.54, 1.807) is 0 Å². The van der Waals surface area contributed by atoms with Gasteiger partial charge in [0.05, 0.1) is 5.60 Å². The van der Waals surface area contributed by atoms with Crippen LogP contribution in [0.1, 0.15) is 46.1 Å². The van der Waals surface area contributed by atoms with E-state index in [4.69, 9.17) is 0 Å². The van der Waals surface area contributed by atoms with Crippen molar-refractivity contribution in [2.24, 2.45) is 5.41 Å². The highest BCUT2D eigenvalue weighted by Crippen LogP contribution is 2.31. The normalized spacial score (nSPS) is 15.9. The van der Waals surface area contributed by atoms with Gasteiger partial charge >= 0.3 is 0 Å². The molecule has 16 heavy (non-hydrogen) atoms. The Kier molecular flexibility index (Phi) is 4.41. The Morgan fingerprint density at radius 1 is 1.00 bits per heavy atom. The molecule has 0 saturated carbocycles. The maximum absolute atomic E-state index is 10.4. The first-order valence-electron chi connectivity index (χ1n) is 5.69. The van der Waals surface area contributed by atoms with E-state index in [9.17, 15) is 5.11 Å². The van der Waals surface area contributed by atoms with E-state index < -0.39 is 5.60 Å². The fourth-order valence-corrected chi connectivity index (χ4v) is 1.93. The van der Waals surface area contributed by atoms with Crippen LogP contribution in [0.5, 0.6) is 0 Å². The van der Waals surface area contributed by atoms with Crippen molar-refractivity contribution in [1.82, 2.24) is 0 Å². The summed E-state index contributed by atoms with van der Waals surface area (Å²) in [5.74, 6) is 0. The third-order valence-electron chi connectivity index (χ3n) is 2.83. The van der Waals surface area contributed by atoms with Crippen LogP contribution in [0.25, 0.3) is 0 Å². The van der Waals surface area contributed by atoms with Gasteiger partial charge in [-0.15, -0.1) is 0 Å². The Hall–Kier alpha value is -0.0900. The zero-order valence-electron chi connectivity index (χ0n) is 10.5. The lowest BCUT2D eigenvalue weighted by atomic mass is 9.82. The average Bonchev–Trinajstić information content (AvgIpc) is 2.15. The van der Waals surface area contributed by atoms with Crippen LogP contribution in [0.2, 0.25) is 0 Å². The molecule has 2 heteroatoms. The first-order valence-corrected chi connectivity index (χ1v) is 6.77. The summed E-state index contributed by atoms with van der Waals surface area (Å²) in [5, 5.41) is 10.4. The molecule has 0 aliphatic heterocycles. The minimum Gasteiger partial charge on any atom is -0.385 e. The molecule has 1 rings (SSSR count). The molecular formula is C14H21IO. The highest BCUT2D eigenvalue weighted by molar-refractivity contribution is 14.1. The molecule has 1 aromatic carbocycles. The molecule has 0 aliphatic rings. The van der Waals surface area contributed by atoms with Crippen molar-refractivity contribution in [1.29, 1.82) is 0 Å². The summed E-state index contributed by atoms with van der Waals surface area (Å²) in [5.41, 5.74) is 0.572. The molecule has 0 spiro atoms. The number of halogens is 1. The van der Waals surface area contributed by atoms with Gasteiger partial charge in [0.1, 0.15) is 0 Å². The molecule has 1 nitrogen and oxygen atoms in total. The Bertz CT molecular complexity index is 333. The summed E-state index contributed by atoms with van der Waals surface area (Å²) in [7, 11) is 0. The van der Waals surface area contributed by atoms with Crippen molar-refractivity contribution >= 4 is 22.6 Å². The minimum absolute atomic E-state index is 0.271. The predicted molar refractivity (Wildman–Crippen MR) is 77.4 cm³/mol. The number of rotatable bonds is 3. The highest BCUT2D eigenvalue weighted by atomic mass is 127. The Balaban J connectivity index is 2.73. The first kappa shape index (κ1) is 14.0. The van der Waals surface area contributed by atoms with E-state index in [0.717, 1.165) is 18.4 Å². The van der Waals surface area contributed by atoms with Crippen LogP contribution in [-0.2, 0) is 5.60 Å². The van der Waals surface area contributed by atoms with Gasteiger partial charge in [0.2, 0.25) is 0 Å². The summed E-state index contributed by atoms with van der Waals surface area (Å²) in [6.45, 7) is 8.52. The van der Waals surface area contributed by atoms with Crippen molar-refractivity contribution in [3.05, 3.63) is 33.4 Å². The monoisotopic (exact) mass is 332 g/mol. The molecule has 0 saturated heterocycles. The van der Waals surface area contributed by atoms with Gasteiger partial charge < -0.3 is 5.11 Å². The molecule has 0 aliphatic carbocycles. The quantitative estimate of drug-likeness (QED) is 0.817. The van der Waals surface area contributed by atoms with Crippen LogP contribution in [0.4, 0.5) is 0 Å². The zero-order valence-corrected chi connectivity index (χ0v) is 12.7. The highest BCUT2D eigenvalue weighted by Gasteiger charge is 2.25. The van der Waals surface area contributed by atoms with Gasteiger partial charge in [-0.25, -0.2) is 0 Å². The van der Waals surface area contributed by atoms with Crippen LogP contribution in [0.15, 0.2) is 24.3 Å². The van der Waals surface area contributed by atoms with Gasteiger partial charge in [0.15, 0.2) is 0 Å². The number of hydrogen-bond donors (Lipinski definition) is 1. The second-order valence-electron chi connectivity index (χ2n) is 5.84. The summed E-state index contributed by atoms with van der Waals surface area (Å²) in [6, 6.07) is 8.12. The fourth-order valence-electron chi connectivity index (χ4n) is 1.57.